The predicted molar refractivity (Wildman–Crippen MR) is 137 cm³/mol. The fourth-order valence-electron chi connectivity index (χ4n) is 5.31. The molecular formula is C27H35N3O4S. The zero-order valence-corrected chi connectivity index (χ0v) is 21.7. The molecule has 7 nitrogen and oxygen atoms in total. The maximum absolute atomic E-state index is 13.3. The van der Waals surface area contributed by atoms with Crippen molar-refractivity contribution in [2.45, 2.75) is 57.8 Å². The van der Waals surface area contributed by atoms with Crippen LogP contribution in [0.4, 0.5) is 5.69 Å². The Balaban J connectivity index is 1.38. The van der Waals surface area contributed by atoms with Crippen molar-refractivity contribution in [2.24, 2.45) is 5.92 Å². The van der Waals surface area contributed by atoms with Crippen LogP contribution in [0.1, 0.15) is 59.2 Å². The van der Waals surface area contributed by atoms with Crippen molar-refractivity contribution in [3.8, 4) is 0 Å². The molecule has 2 aliphatic heterocycles. The maximum atomic E-state index is 13.3. The first kappa shape index (κ1) is 25.4. The molecule has 0 bridgehead atoms. The maximum Gasteiger partial charge on any atom is 0.253 e. The summed E-state index contributed by atoms with van der Waals surface area (Å²) in [5, 5.41) is 2.94. The highest BCUT2D eigenvalue weighted by atomic mass is 32.2. The van der Waals surface area contributed by atoms with Gasteiger partial charge in [0.15, 0.2) is 0 Å². The number of likely N-dealkylation sites (tertiary alicyclic amines) is 1. The van der Waals surface area contributed by atoms with Crippen LogP contribution in [-0.2, 0) is 14.8 Å². The van der Waals surface area contributed by atoms with Crippen LogP contribution in [0.5, 0.6) is 0 Å². The Labute approximate surface area is 208 Å². The molecule has 8 heteroatoms. The van der Waals surface area contributed by atoms with Crippen molar-refractivity contribution in [2.75, 3.05) is 31.5 Å². The van der Waals surface area contributed by atoms with Gasteiger partial charge in [-0.05, 0) is 82.2 Å². The van der Waals surface area contributed by atoms with Crippen LogP contribution >= 0.6 is 0 Å². The van der Waals surface area contributed by atoms with Crippen molar-refractivity contribution in [3.05, 3.63) is 58.7 Å². The van der Waals surface area contributed by atoms with Gasteiger partial charge >= 0.3 is 0 Å². The zero-order valence-electron chi connectivity index (χ0n) is 20.8. The Morgan fingerprint density at radius 1 is 0.886 bits per heavy atom. The molecule has 2 heterocycles. The summed E-state index contributed by atoms with van der Waals surface area (Å²) in [5.74, 6) is -0.406. The number of hydrogen-bond donors (Lipinski definition) is 1. The number of aryl methyl sites for hydroxylation is 3. The number of piperidine rings is 2. The Bertz CT molecular complexity index is 1190. The molecule has 2 aliphatic rings. The molecule has 2 aromatic carbocycles. The summed E-state index contributed by atoms with van der Waals surface area (Å²) in [6.45, 7) is 7.78. The van der Waals surface area contributed by atoms with Gasteiger partial charge in [0.25, 0.3) is 5.91 Å². The lowest BCUT2D eigenvalue weighted by Gasteiger charge is -2.31. The van der Waals surface area contributed by atoms with E-state index in [9.17, 15) is 18.0 Å². The van der Waals surface area contributed by atoms with E-state index in [0.29, 0.717) is 42.1 Å². The fourth-order valence-corrected chi connectivity index (χ4v) is 7.20. The summed E-state index contributed by atoms with van der Waals surface area (Å²) >= 11 is 0. The van der Waals surface area contributed by atoms with E-state index in [2.05, 4.69) is 5.32 Å². The van der Waals surface area contributed by atoms with Gasteiger partial charge in [0.05, 0.1) is 4.90 Å². The third-order valence-electron chi connectivity index (χ3n) is 7.05. The van der Waals surface area contributed by atoms with Gasteiger partial charge in [0.1, 0.15) is 0 Å². The molecule has 0 spiro atoms. The predicted octanol–water partition coefficient (Wildman–Crippen LogP) is 4.28. The second-order valence-electron chi connectivity index (χ2n) is 9.83. The normalized spacial score (nSPS) is 17.9. The summed E-state index contributed by atoms with van der Waals surface area (Å²) in [6, 6.07) is 10.9. The highest BCUT2D eigenvalue weighted by Crippen LogP contribution is 2.29. The molecule has 0 atom stereocenters. The number of carbonyl (C=O) groups excluding carboxylic acids is 2. The first-order chi connectivity index (χ1) is 16.7. The molecule has 2 saturated heterocycles. The second-order valence-corrected chi connectivity index (χ2v) is 11.7. The van der Waals surface area contributed by atoms with E-state index < -0.39 is 10.0 Å². The monoisotopic (exact) mass is 497 g/mol. The lowest BCUT2D eigenvalue weighted by Crippen LogP contribution is -2.41. The van der Waals surface area contributed by atoms with Crippen molar-refractivity contribution in [1.29, 1.82) is 0 Å². The average Bonchev–Trinajstić information content (AvgIpc) is 2.83. The quantitative estimate of drug-likeness (QED) is 0.668. The lowest BCUT2D eigenvalue weighted by molar-refractivity contribution is -0.120. The van der Waals surface area contributed by atoms with E-state index in [1.807, 2.05) is 37.8 Å². The van der Waals surface area contributed by atoms with E-state index >= 15 is 0 Å². The first-order valence-corrected chi connectivity index (χ1v) is 13.9. The van der Waals surface area contributed by atoms with Gasteiger partial charge in [-0.2, -0.15) is 4.31 Å². The molecule has 2 amide bonds. The van der Waals surface area contributed by atoms with Crippen molar-refractivity contribution < 1.29 is 18.0 Å². The summed E-state index contributed by atoms with van der Waals surface area (Å²) in [6.07, 6.45) is 4.13. The Hall–Kier alpha value is -2.71. The SMILES string of the molecule is Cc1cc(C)c(S(=O)(=O)N2CCC(C(=O)Nc3cccc(C(=O)N4CCCCC4)c3)CC2)c(C)c1. The smallest absolute Gasteiger partial charge is 0.253 e. The standard InChI is InChI=1S/C27H35N3O4S/c1-19-16-20(2)25(21(3)17-19)35(33,34)30-14-10-22(11-15-30)26(31)28-24-9-7-8-23(18-24)27(32)29-12-5-4-6-13-29/h7-9,16-18,22H,4-6,10-15H2,1-3H3,(H,28,31). The molecule has 188 valence electrons. The van der Waals surface area contributed by atoms with E-state index in [1.165, 1.54) is 4.31 Å². The summed E-state index contributed by atoms with van der Waals surface area (Å²) < 4.78 is 28.2. The van der Waals surface area contributed by atoms with Crippen LogP contribution in [0.25, 0.3) is 0 Å². The molecule has 2 aromatic rings. The molecule has 0 radical (unpaired) electrons. The van der Waals surface area contributed by atoms with Crippen LogP contribution in [0.3, 0.4) is 0 Å². The molecule has 1 N–H and O–H groups in total. The largest absolute Gasteiger partial charge is 0.339 e. The molecule has 0 aliphatic carbocycles. The number of carbonyl (C=O) groups is 2. The number of nitrogens with one attached hydrogen (secondary N) is 1. The van der Waals surface area contributed by atoms with E-state index in [4.69, 9.17) is 0 Å². The number of hydrogen-bond acceptors (Lipinski definition) is 4. The van der Waals surface area contributed by atoms with Crippen LogP contribution in [0.2, 0.25) is 0 Å². The minimum absolute atomic E-state index is 0.000932. The number of rotatable bonds is 5. The first-order valence-electron chi connectivity index (χ1n) is 12.4. The molecule has 4 rings (SSSR count). The number of nitrogens with zero attached hydrogens (tertiary/aromatic N) is 2. The molecule has 0 unspecified atom stereocenters. The molecule has 2 fully saturated rings. The van der Waals surface area contributed by atoms with Gasteiger partial charge in [0, 0.05) is 43.3 Å². The molecule has 0 aromatic heterocycles. The number of anilines is 1. The number of benzene rings is 2. The van der Waals surface area contributed by atoms with Crippen LogP contribution < -0.4 is 5.32 Å². The van der Waals surface area contributed by atoms with Crippen molar-refractivity contribution in [1.82, 2.24) is 9.21 Å². The van der Waals surface area contributed by atoms with Gasteiger partial charge < -0.3 is 10.2 Å². The van der Waals surface area contributed by atoms with Gasteiger partial charge in [-0.3, -0.25) is 9.59 Å². The Kier molecular flexibility index (Phi) is 7.62. The van der Waals surface area contributed by atoms with Crippen LogP contribution in [-0.4, -0.2) is 55.6 Å². The summed E-state index contributed by atoms with van der Waals surface area (Å²) in [5.41, 5.74) is 3.71. The van der Waals surface area contributed by atoms with E-state index in [1.54, 1.807) is 24.3 Å². The van der Waals surface area contributed by atoms with Gasteiger partial charge in [-0.15, -0.1) is 0 Å². The number of amides is 2. The third-order valence-corrected chi connectivity index (χ3v) is 9.25. The van der Waals surface area contributed by atoms with Gasteiger partial charge in [-0.25, -0.2) is 8.42 Å². The van der Waals surface area contributed by atoms with E-state index in [-0.39, 0.29) is 17.7 Å². The fraction of sp³-hybridized carbons (Fsp3) is 0.481. The van der Waals surface area contributed by atoms with Gasteiger partial charge in [0.2, 0.25) is 15.9 Å². The average molecular weight is 498 g/mol. The molecular weight excluding hydrogens is 462 g/mol. The second kappa shape index (κ2) is 10.5. The lowest BCUT2D eigenvalue weighted by atomic mass is 9.97. The van der Waals surface area contributed by atoms with Crippen molar-refractivity contribution in [3.63, 3.8) is 0 Å². The zero-order chi connectivity index (χ0) is 25.2. The number of sulfonamides is 1. The Morgan fingerprint density at radius 2 is 1.51 bits per heavy atom. The highest BCUT2D eigenvalue weighted by Gasteiger charge is 2.33. The summed E-state index contributed by atoms with van der Waals surface area (Å²) in [7, 11) is -3.61. The minimum atomic E-state index is -3.61. The topological polar surface area (TPSA) is 86.8 Å². The minimum Gasteiger partial charge on any atom is -0.339 e. The highest BCUT2D eigenvalue weighted by molar-refractivity contribution is 7.89. The Morgan fingerprint density at radius 3 is 2.14 bits per heavy atom. The van der Waals surface area contributed by atoms with Gasteiger partial charge in [-0.1, -0.05) is 23.8 Å². The van der Waals surface area contributed by atoms with Crippen LogP contribution in [0, 0.1) is 26.7 Å². The molecule has 0 saturated carbocycles. The van der Waals surface area contributed by atoms with E-state index in [0.717, 1.165) is 49.0 Å². The molecule has 35 heavy (non-hydrogen) atoms. The van der Waals surface area contributed by atoms with Crippen molar-refractivity contribution >= 4 is 27.5 Å². The summed E-state index contributed by atoms with van der Waals surface area (Å²) in [4.78, 5) is 28.0. The van der Waals surface area contributed by atoms with Crippen LogP contribution in [0.15, 0.2) is 41.3 Å². The third kappa shape index (κ3) is 5.59.